The first-order valence-electron chi connectivity index (χ1n) is 7.29. The summed E-state index contributed by atoms with van der Waals surface area (Å²) in [7, 11) is 0. The van der Waals surface area contributed by atoms with Gasteiger partial charge in [0.15, 0.2) is 0 Å². The second kappa shape index (κ2) is 6.60. The van der Waals surface area contributed by atoms with Crippen molar-refractivity contribution in [3.05, 3.63) is 29.8 Å². The van der Waals surface area contributed by atoms with Crippen LogP contribution >= 0.6 is 0 Å². The summed E-state index contributed by atoms with van der Waals surface area (Å²) in [6, 6.07) is 7.83. The minimum absolute atomic E-state index is 0.101. The molecule has 1 amide bonds. The van der Waals surface area contributed by atoms with Gasteiger partial charge in [-0.05, 0) is 43.4 Å². The highest BCUT2D eigenvalue weighted by Gasteiger charge is 2.21. The molecule has 0 heterocycles. The van der Waals surface area contributed by atoms with Gasteiger partial charge in [-0.25, -0.2) is 0 Å². The number of rotatable bonds is 4. The van der Waals surface area contributed by atoms with E-state index >= 15 is 0 Å². The Labute approximate surface area is 115 Å². The lowest BCUT2D eigenvalue weighted by molar-refractivity contribution is -0.121. The van der Waals surface area contributed by atoms with Crippen LogP contribution in [0.2, 0.25) is 0 Å². The van der Waals surface area contributed by atoms with Crippen LogP contribution in [0.15, 0.2) is 24.3 Å². The summed E-state index contributed by atoms with van der Waals surface area (Å²) < 4.78 is 0. The van der Waals surface area contributed by atoms with Gasteiger partial charge in [0.1, 0.15) is 0 Å². The summed E-state index contributed by atoms with van der Waals surface area (Å²) in [5.41, 5.74) is 7.41. The molecule has 1 aliphatic rings. The van der Waals surface area contributed by atoms with Crippen molar-refractivity contribution < 1.29 is 4.79 Å². The van der Waals surface area contributed by atoms with E-state index < -0.39 is 0 Å². The number of nitrogens with two attached hydrogens (primary N) is 1. The van der Waals surface area contributed by atoms with Gasteiger partial charge in [0.05, 0.1) is 6.42 Å². The third-order valence-corrected chi connectivity index (χ3v) is 4.06. The van der Waals surface area contributed by atoms with Crippen molar-refractivity contribution in [1.29, 1.82) is 0 Å². The lowest BCUT2D eigenvalue weighted by Crippen LogP contribution is -2.39. The van der Waals surface area contributed by atoms with Crippen molar-refractivity contribution in [3.8, 4) is 0 Å². The first-order valence-corrected chi connectivity index (χ1v) is 7.29. The molecule has 0 radical (unpaired) electrons. The third-order valence-electron chi connectivity index (χ3n) is 4.06. The van der Waals surface area contributed by atoms with Gasteiger partial charge in [0.25, 0.3) is 0 Å². The van der Waals surface area contributed by atoms with Crippen LogP contribution in [0, 0.1) is 5.92 Å². The van der Waals surface area contributed by atoms with Crippen molar-refractivity contribution in [2.45, 2.75) is 51.5 Å². The number of anilines is 1. The molecular formula is C16H24N2O. The minimum atomic E-state index is 0.101. The van der Waals surface area contributed by atoms with Crippen LogP contribution in [0.5, 0.6) is 0 Å². The second-order valence-electron chi connectivity index (χ2n) is 5.68. The quantitative estimate of drug-likeness (QED) is 0.818. The van der Waals surface area contributed by atoms with Crippen LogP contribution in [0.25, 0.3) is 0 Å². The molecule has 1 atom stereocenters. The Morgan fingerprint density at radius 2 is 2.11 bits per heavy atom. The predicted octanol–water partition coefficient (Wildman–Crippen LogP) is 2.90. The molecule has 1 aromatic carbocycles. The molecule has 1 fully saturated rings. The predicted molar refractivity (Wildman–Crippen MR) is 78.7 cm³/mol. The van der Waals surface area contributed by atoms with E-state index in [-0.39, 0.29) is 11.9 Å². The zero-order valence-electron chi connectivity index (χ0n) is 11.7. The molecule has 1 aliphatic carbocycles. The lowest BCUT2D eigenvalue weighted by Gasteiger charge is -2.28. The zero-order valence-corrected chi connectivity index (χ0v) is 11.7. The Bertz CT molecular complexity index is 425. The fraction of sp³-hybridized carbons (Fsp3) is 0.562. The maximum Gasteiger partial charge on any atom is 0.224 e. The van der Waals surface area contributed by atoms with E-state index in [1.165, 1.54) is 32.1 Å². The van der Waals surface area contributed by atoms with E-state index in [0.29, 0.717) is 18.0 Å². The molecule has 19 heavy (non-hydrogen) atoms. The van der Waals surface area contributed by atoms with Crippen LogP contribution in [0.4, 0.5) is 5.69 Å². The van der Waals surface area contributed by atoms with Gasteiger partial charge >= 0.3 is 0 Å². The van der Waals surface area contributed by atoms with E-state index in [4.69, 9.17) is 5.73 Å². The van der Waals surface area contributed by atoms with Crippen molar-refractivity contribution in [3.63, 3.8) is 0 Å². The SMILES string of the molecule is CC(NC(=O)Cc1cccc(N)c1)C1CCCCC1. The van der Waals surface area contributed by atoms with E-state index in [0.717, 1.165) is 5.56 Å². The van der Waals surface area contributed by atoms with Gasteiger partial charge < -0.3 is 11.1 Å². The Kier molecular flexibility index (Phi) is 4.83. The maximum absolute atomic E-state index is 12.0. The Morgan fingerprint density at radius 1 is 1.37 bits per heavy atom. The highest BCUT2D eigenvalue weighted by Crippen LogP contribution is 2.26. The summed E-state index contributed by atoms with van der Waals surface area (Å²) in [4.78, 5) is 12.0. The molecule has 1 saturated carbocycles. The number of nitrogen functional groups attached to an aromatic ring is 1. The van der Waals surface area contributed by atoms with Gasteiger partial charge in [0.2, 0.25) is 5.91 Å². The number of carbonyl (C=O) groups excluding carboxylic acids is 1. The van der Waals surface area contributed by atoms with Gasteiger partial charge in [-0.3, -0.25) is 4.79 Å². The highest BCUT2D eigenvalue weighted by atomic mass is 16.1. The van der Waals surface area contributed by atoms with Crippen LogP contribution < -0.4 is 11.1 Å². The largest absolute Gasteiger partial charge is 0.399 e. The van der Waals surface area contributed by atoms with Gasteiger partial charge in [0, 0.05) is 11.7 Å². The molecule has 104 valence electrons. The van der Waals surface area contributed by atoms with E-state index in [1.54, 1.807) is 0 Å². The van der Waals surface area contributed by atoms with E-state index in [9.17, 15) is 4.79 Å². The summed E-state index contributed by atoms with van der Waals surface area (Å²) in [6.45, 7) is 2.13. The maximum atomic E-state index is 12.0. The van der Waals surface area contributed by atoms with Gasteiger partial charge in [-0.15, -0.1) is 0 Å². The highest BCUT2D eigenvalue weighted by molar-refractivity contribution is 5.79. The molecular weight excluding hydrogens is 236 g/mol. The number of amides is 1. The zero-order chi connectivity index (χ0) is 13.7. The second-order valence-corrected chi connectivity index (χ2v) is 5.68. The number of hydrogen-bond acceptors (Lipinski definition) is 2. The number of carbonyl (C=O) groups is 1. The molecule has 1 aromatic rings. The topological polar surface area (TPSA) is 55.1 Å². The van der Waals surface area contributed by atoms with Crippen molar-refractivity contribution in [2.75, 3.05) is 5.73 Å². The molecule has 0 saturated heterocycles. The van der Waals surface area contributed by atoms with Crippen LogP contribution in [0.3, 0.4) is 0 Å². The molecule has 3 nitrogen and oxygen atoms in total. The standard InChI is InChI=1S/C16H24N2O/c1-12(14-7-3-2-4-8-14)18-16(19)11-13-6-5-9-15(17)10-13/h5-6,9-10,12,14H,2-4,7-8,11,17H2,1H3,(H,18,19). The fourth-order valence-corrected chi connectivity index (χ4v) is 2.95. The van der Waals surface area contributed by atoms with Crippen molar-refractivity contribution in [1.82, 2.24) is 5.32 Å². The molecule has 0 bridgehead atoms. The molecule has 1 unspecified atom stereocenters. The van der Waals surface area contributed by atoms with Crippen LogP contribution in [0.1, 0.15) is 44.6 Å². The summed E-state index contributed by atoms with van der Waals surface area (Å²) in [6.07, 6.45) is 6.88. The van der Waals surface area contributed by atoms with E-state index in [1.807, 2.05) is 24.3 Å². The van der Waals surface area contributed by atoms with Crippen LogP contribution in [-0.4, -0.2) is 11.9 Å². The fourth-order valence-electron chi connectivity index (χ4n) is 2.95. The normalized spacial score (nSPS) is 17.9. The Morgan fingerprint density at radius 3 is 2.79 bits per heavy atom. The summed E-state index contributed by atoms with van der Waals surface area (Å²) in [5.74, 6) is 0.752. The smallest absolute Gasteiger partial charge is 0.224 e. The molecule has 2 rings (SSSR count). The minimum Gasteiger partial charge on any atom is -0.399 e. The summed E-state index contributed by atoms with van der Waals surface area (Å²) in [5, 5.41) is 3.14. The molecule has 0 spiro atoms. The van der Waals surface area contributed by atoms with Crippen molar-refractivity contribution in [2.24, 2.45) is 5.92 Å². The van der Waals surface area contributed by atoms with Crippen molar-refractivity contribution >= 4 is 11.6 Å². The van der Waals surface area contributed by atoms with E-state index in [2.05, 4.69) is 12.2 Å². The Hall–Kier alpha value is -1.51. The van der Waals surface area contributed by atoms with Crippen LogP contribution in [-0.2, 0) is 11.2 Å². The van der Waals surface area contributed by atoms with Gasteiger partial charge in [-0.2, -0.15) is 0 Å². The van der Waals surface area contributed by atoms with Gasteiger partial charge in [-0.1, -0.05) is 31.4 Å². The monoisotopic (exact) mass is 260 g/mol. The molecule has 3 N–H and O–H groups in total. The number of hydrogen-bond donors (Lipinski definition) is 2. The molecule has 3 heteroatoms. The lowest BCUT2D eigenvalue weighted by atomic mass is 9.84. The first kappa shape index (κ1) is 13.9. The summed E-state index contributed by atoms with van der Waals surface area (Å²) >= 11 is 0. The average Bonchev–Trinajstić information content (AvgIpc) is 2.39. The third kappa shape index (κ3) is 4.27. The number of nitrogens with one attached hydrogen (secondary N) is 1. The first-order chi connectivity index (χ1) is 9.15. The molecule has 0 aliphatic heterocycles. The number of benzene rings is 1. The molecule has 0 aromatic heterocycles. The average molecular weight is 260 g/mol. The Balaban J connectivity index is 1.83.